The van der Waals surface area contributed by atoms with E-state index in [0.717, 1.165) is 24.2 Å². The summed E-state index contributed by atoms with van der Waals surface area (Å²) in [4.78, 5) is 25.9. The Morgan fingerprint density at radius 1 is 1.17 bits per heavy atom. The maximum absolute atomic E-state index is 12.8. The van der Waals surface area contributed by atoms with E-state index in [-0.39, 0.29) is 18.4 Å². The highest BCUT2D eigenvalue weighted by atomic mass is 16.5. The number of carbonyl (C=O) groups excluding carboxylic acids is 1. The molecule has 23 heavy (non-hydrogen) atoms. The predicted octanol–water partition coefficient (Wildman–Crippen LogP) is 2.03. The summed E-state index contributed by atoms with van der Waals surface area (Å²) in [6.07, 6.45) is 4.05. The van der Waals surface area contributed by atoms with E-state index in [0.29, 0.717) is 24.6 Å². The number of amides is 1. The van der Waals surface area contributed by atoms with Gasteiger partial charge in [-0.2, -0.15) is 0 Å². The Hall–Kier alpha value is -2.30. The van der Waals surface area contributed by atoms with Crippen LogP contribution in [-0.4, -0.2) is 41.6 Å². The first-order valence-corrected chi connectivity index (χ1v) is 8.08. The van der Waals surface area contributed by atoms with Crippen molar-refractivity contribution in [3.63, 3.8) is 0 Å². The number of fused-ring (bicyclic) bond motifs is 1. The van der Waals surface area contributed by atoms with E-state index < -0.39 is 11.9 Å². The number of ether oxygens (including phenoxy) is 1. The molecule has 0 unspecified atom stereocenters. The summed E-state index contributed by atoms with van der Waals surface area (Å²) in [5.74, 6) is 0.0685. The van der Waals surface area contributed by atoms with E-state index in [9.17, 15) is 14.7 Å². The molecule has 2 fully saturated rings. The van der Waals surface area contributed by atoms with Crippen LogP contribution in [0, 0.1) is 17.8 Å². The summed E-state index contributed by atoms with van der Waals surface area (Å²) < 4.78 is 5.65. The van der Waals surface area contributed by atoms with Crippen LogP contribution in [0.1, 0.15) is 18.4 Å². The number of carboxylic acid groups (broad SMARTS) is 1. The van der Waals surface area contributed by atoms with Crippen LogP contribution >= 0.6 is 0 Å². The monoisotopic (exact) mass is 313 g/mol. The molecule has 120 valence electrons. The van der Waals surface area contributed by atoms with Gasteiger partial charge in [-0.15, -0.1) is 0 Å². The standard InChI is InChI=1S/C18H19NO4/c20-17(13-7-12-3-1-2-4-16(12)23-10-13)19-8-14(11-5-6-11)15(9-19)18(21)22/h1-4,7,11,14-15H,5-6,8-10H2,(H,21,22)/t14-,15+/m1/s1. The van der Waals surface area contributed by atoms with Crippen molar-refractivity contribution in [2.24, 2.45) is 17.8 Å². The highest BCUT2D eigenvalue weighted by Gasteiger charge is 2.47. The van der Waals surface area contributed by atoms with Gasteiger partial charge < -0.3 is 14.7 Å². The van der Waals surface area contributed by atoms with Gasteiger partial charge in [0.15, 0.2) is 0 Å². The molecule has 1 saturated carbocycles. The van der Waals surface area contributed by atoms with Crippen LogP contribution < -0.4 is 4.74 Å². The summed E-state index contributed by atoms with van der Waals surface area (Å²) in [6.45, 7) is 1.12. The van der Waals surface area contributed by atoms with Crippen LogP contribution in [0.5, 0.6) is 5.75 Å². The van der Waals surface area contributed by atoms with Gasteiger partial charge in [-0.3, -0.25) is 9.59 Å². The normalized spacial score (nSPS) is 26.3. The fourth-order valence-electron chi connectivity index (χ4n) is 3.70. The Labute approximate surface area is 134 Å². The molecule has 0 bridgehead atoms. The number of likely N-dealkylation sites (tertiary alicyclic amines) is 1. The zero-order valence-electron chi connectivity index (χ0n) is 12.8. The first kappa shape index (κ1) is 14.3. The Morgan fingerprint density at radius 2 is 1.96 bits per heavy atom. The van der Waals surface area contributed by atoms with Crippen LogP contribution in [0.15, 0.2) is 29.8 Å². The van der Waals surface area contributed by atoms with Gasteiger partial charge in [0, 0.05) is 18.7 Å². The number of hydrogen-bond donors (Lipinski definition) is 1. The molecule has 1 N–H and O–H groups in total. The van der Waals surface area contributed by atoms with Gasteiger partial charge in [0.05, 0.1) is 11.5 Å². The minimum absolute atomic E-state index is 0.0890. The molecule has 2 heterocycles. The minimum atomic E-state index is -0.781. The molecule has 1 aliphatic carbocycles. The highest BCUT2D eigenvalue weighted by molar-refractivity contribution is 5.99. The SMILES string of the molecule is O=C(O)[C@H]1CN(C(=O)C2=Cc3ccccc3OC2)C[C@@H]1C1CC1. The molecule has 5 heteroatoms. The third-order valence-electron chi connectivity index (χ3n) is 5.10. The van der Waals surface area contributed by atoms with Crippen LogP contribution in [0.2, 0.25) is 0 Å². The van der Waals surface area contributed by atoms with Crippen molar-refractivity contribution in [2.75, 3.05) is 19.7 Å². The second-order valence-electron chi connectivity index (χ2n) is 6.65. The van der Waals surface area contributed by atoms with Gasteiger partial charge in [0.2, 0.25) is 0 Å². The van der Waals surface area contributed by atoms with Crippen molar-refractivity contribution < 1.29 is 19.4 Å². The van der Waals surface area contributed by atoms with E-state index in [1.54, 1.807) is 4.90 Å². The molecule has 1 saturated heterocycles. The molecule has 4 rings (SSSR count). The maximum Gasteiger partial charge on any atom is 0.308 e. The lowest BCUT2D eigenvalue weighted by Crippen LogP contribution is -2.33. The van der Waals surface area contributed by atoms with Crippen LogP contribution in [0.25, 0.3) is 6.08 Å². The number of rotatable bonds is 3. The molecule has 1 aromatic carbocycles. The molecule has 1 aromatic rings. The molecule has 0 radical (unpaired) electrons. The molecule has 0 aromatic heterocycles. The minimum Gasteiger partial charge on any atom is -0.488 e. The van der Waals surface area contributed by atoms with Gasteiger partial charge in [-0.25, -0.2) is 0 Å². The molecule has 2 aliphatic heterocycles. The summed E-state index contributed by atoms with van der Waals surface area (Å²) in [7, 11) is 0. The van der Waals surface area contributed by atoms with Gasteiger partial charge in [-0.1, -0.05) is 18.2 Å². The predicted molar refractivity (Wildman–Crippen MR) is 83.8 cm³/mol. The van der Waals surface area contributed by atoms with E-state index in [1.807, 2.05) is 30.3 Å². The van der Waals surface area contributed by atoms with Gasteiger partial charge in [0.25, 0.3) is 5.91 Å². The van der Waals surface area contributed by atoms with Crippen LogP contribution in [-0.2, 0) is 9.59 Å². The summed E-state index contributed by atoms with van der Waals surface area (Å²) in [5, 5.41) is 9.42. The fraction of sp³-hybridized carbons (Fsp3) is 0.444. The van der Waals surface area contributed by atoms with E-state index in [1.165, 1.54) is 0 Å². The number of carboxylic acids is 1. The van der Waals surface area contributed by atoms with Crippen molar-refractivity contribution >= 4 is 18.0 Å². The Kier molecular flexibility index (Phi) is 3.36. The molecular weight excluding hydrogens is 294 g/mol. The lowest BCUT2D eigenvalue weighted by Gasteiger charge is -2.22. The quantitative estimate of drug-likeness (QED) is 0.927. The van der Waals surface area contributed by atoms with Crippen LogP contribution in [0.3, 0.4) is 0 Å². The number of carbonyl (C=O) groups is 2. The second-order valence-corrected chi connectivity index (χ2v) is 6.65. The molecule has 0 spiro atoms. The topological polar surface area (TPSA) is 66.8 Å². The van der Waals surface area contributed by atoms with Crippen molar-refractivity contribution in [2.45, 2.75) is 12.8 Å². The lowest BCUT2D eigenvalue weighted by atomic mass is 9.92. The van der Waals surface area contributed by atoms with Crippen molar-refractivity contribution in [1.29, 1.82) is 0 Å². The number of nitrogens with zero attached hydrogens (tertiary/aromatic N) is 1. The van der Waals surface area contributed by atoms with Gasteiger partial charge >= 0.3 is 5.97 Å². The number of hydrogen-bond acceptors (Lipinski definition) is 3. The molecule has 5 nitrogen and oxygen atoms in total. The van der Waals surface area contributed by atoms with E-state index in [2.05, 4.69) is 0 Å². The third kappa shape index (κ3) is 2.60. The second kappa shape index (κ2) is 5.41. The largest absolute Gasteiger partial charge is 0.488 e. The van der Waals surface area contributed by atoms with Crippen molar-refractivity contribution in [3.8, 4) is 5.75 Å². The maximum atomic E-state index is 12.8. The zero-order valence-corrected chi connectivity index (χ0v) is 12.8. The Bertz CT molecular complexity index is 692. The first-order valence-electron chi connectivity index (χ1n) is 8.08. The summed E-state index contributed by atoms with van der Waals surface area (Å²) in [6, 6.07) is 7.61. The number of benzene rings is 1. The zero-order chi connectivity index (χ0) is 16.0. The molecule has 2 atom stereocenters. The van der Waals surface area contributed by atoms with E-state index >= 15 is 0 Å². The molecular formula is C18H19NO4. The summed E-state index contributed by atoms with van der Waals surface area (Å²) in [5.41, 5.74) is 1.50. The highest BCUT2D eigenvalue weighted by Crippen LogP contribution is 2.44. The molecule has 3 aliphatic rings. The lowest BCUT2D eigenvalue weighted by molar-refractivity contribution is -0.142. The summed E-state index contributed by atoms with van der Waals surface area (Å²) >= 11 is 0. The number of aliphatic carboxylic acids is 1. The van der Waals surface area contributed by atoms with E-state index in [4.69, 9.17) is 4.74 Å². The Balaban J connectivity index is 1.54. The van der Waals surface area contributed by atoms with Crippen LogP contribution in [0.4, 0.5) is 0 Å². The number of para-hydroxylation sites is 1. The average Bonchev–Trinajstić information content (AvgIpc) is 3.31. The van der Waals surface area contributed by atoms with Crippen molar-refractivity contribution in [1.82, 2.24) is 4.90 Å². The van der Waals surface area contributed by atoms with Gasteiger partial charge in [-0.05, 0) is 36.8 Å². The molecule has 1 amide bonds. The fourth-order valence-corrected chi connectivity index (χ4v) is 3.70. The average molecular weight is 313 g/mol. The first-order chi connectivity index (χ1) is 11.1. The van der Waals surface area contributed by atoms with Crippen molar-refractivity contribution in [3.05, 3.63) is 35.4 Å². The smallest absolute Gasteiger partial charge is 0.308 e. The van der Waals surface area contributed by atoms with Gasteiger partial charge in [0.1, 0.15) is 12.4 Å². The third-order valence-corrected chi connectivity index (χ3v) is 5.10. The Morgan fingerprint density at radius 3 is 2.70 bits per heavy atom.